The predicted octanol–water partition coefficient (Wildman–Crippen LogP) is 5.19. The lowest BCUT2D eigenvalue weighted by Crippen LogP contribution is -2.45. The highest BCUT2D eigenvalue weighted by molar-refractivity contribution is 6.90. The van der Waals surface area contributed by atoms with Gasteiger partial charge in [0.15, 0.2) is 0 Å². The van der Waals surface area contributed by atoms with E-state index in [1.807, 2.05) is 0 Å². The number of benzene rings is 2. The summed E-state index contributed by atoms with van der Waals surface area (Å²) in [6.45, 7) is 9.67. The maximum absolute atomic E-state index is 2.51. The number of aryl methyl sites for hydroxylation is 2. The van der Waals surface area contributed by atoms with Gasteiger partial charge in [0.05, 0.1) is 8.07 Å². The summed E-state index contributed by atoms with van der Waals surface area (Å²) in [6.07, 6.45) is 3.62. The quantitative estimate of drug-likeness (QED) is 0.644. The van der Waals surface area contributed by atoms with Crippen LogP contribution in [0.4, 0.5) is 0 Å². The van der Waals surface area contributed by atoms with E-state index in [2.05, 4.69) is 81.5 Å². The van der Waals surface area contributed by atoms with Crippen LogP contribution in [0.2, 0.25) is 18.6 Å². The van der Waals surface area contributed by atoms with E-state index in [1.165, 1.54) is 24.0 Å². The van der Waals surface area contributed by atoms with Crippen molar-refractivity contribution in [2.24, 2.45) is 0 Å². The Bertz CT molecular complexity index is 540. The molecule has 2 aromatic rings. The van der Waals surface area contributed by atoms with Crippen molar-refractivity contribution in [3.8, 4) is 0 Å². The second-order valence-corrected chi connectivity index (χ2v) is 11.7. The van der Waals surface area contributed by atoms with Crippen LogP contribution in [0.1, 0.15) is 31.4 Å². The van der Waals surface area contributed by atoms with E-state index in [4.69, 9.17) is 0 Å². The lowest BCUT2D eigenvalue weighted by atomic mass is 10.1. The summed E-state index contributed by atoms with van der Waals surface area (Å²) in [7, 11) is -1.35. The minimum Gasteiger partial charge on any atom is -0.0652 e. The third-order valence-corrected chi connectivity index (χ3v) is 9.62. The lowest BCUT2D eigenvalue weighted by molar-refractivity contribution is 0.769. The van der Waals surface area contributed by atoms with Crippen LogP contribution in [0.3, 0.4) is 0 Å². The smallest absolute Gasteiger partial charge is 0.0652 e. The average Bonchev–Trinajstić information content (AvgIpc) is 2.53. The van der Waals surface area contributed by atoms with Crippen LogP contribution >= 0.6 is 0 Å². The van der Waals surface area contributed by atoms with Crippen LogP contribution in [-0.2, 0) is 12.8 Å². The van der Waals surface area contributed by atoms with Crippen molar-refractivity contribution >= 4 is 13.3 Å². The fraction of sp³-hybridized carbons (Fsp3) is 0.400. The predicted molar refractivity (Wildman–Crippen MR) is 97.1 cm³/mol. The van der Waals surface area contributed by atoms with Crippen molar-refractivity contribution in [1.29, 1.82) is 0 Å². The first kappa shape index (κ1) is 16.0. The van der Waals surface area contributed by atoms with Gasteiger partial charge in [-0.05, 0) is 35.9 Å². The summed E-state index contributed by atoms with van der Waals surface area (Å²) >= 11 is 0. The zero-order valence-electron chi connectivity index (χ0n) is 13.9. The number of hydrogen-bond donors (Lipinski definition) is 0. The molecule has 0 spiro atoms. The molecule has 0 amide bonds. The van der Waals surface area contributed by atoms with Crippen LogP contribution < -0.4 is 5.19 Å². The summed E-state index contributed by atoms with van der Waals surface area (Å²) in [6, 6.07) is 20.3. The van der Waals surface area contributed by atoms with Crippen LogP contribution in [0.25, 0.3) is 0 Å². The molecule has 0 fully saturated rings. The Morgan fingerprint density at radius 2 is 1.43 bits per heavy atom. The van der Waals surface area contributed by atoms with Gasteiger partial charge in [-0.15, -0.1) is 0 Å². The van der Waals surface area contributed by atoms with Gasteiger partial charge in [-0.25, -0.2) is 0 Å². The first-order valence-corrected chi connectivity index (χ1v) is 11.2. The van der Waals surface area contributed by atoms with Gasteiger partial charge in [0.1, 0.15) is 0 Å². The molecule has 1 unspecified atom stereocenters. The van der Waals surface area contributed by atoms with E-state index in [-0.39, 0.29) is 0 Å². The molecule has 0 aliphatic rings. The van der Waals surface area contributed by atoms with Crippen LogP contribution in [0.5, 0.6) is 0 Å². The molecule has 0 heterocycles. The molecule has 2 rings (SSSR count). The molecule has 0 N–H and O–H groups in total. The summed E-state index contributed by atoms with van der Waals surface area (Å²) < 4.78 is 0. The first-order valence-electron chi connectivity index (χ1n) is 8.17. The maximum atomic E-state index is 2.51. The standard InChI is InChI=1S/C20H28Si/c1-5-18-13-15-19(16-14-18)12-11-17(2)21(3,4)20-9-7-6-8-10-20/h6-10,13-17H,5,11-12H2,1-4H3. The Morgan fingerprint density at radius 3 is 2.00 bits per heavy atom. The molecule has 0 bridgehead atoms. The van der Waals surface area contributed by atoms with Gasteiger partial charge in [-0.2, -0.15) is 0 Å². The van der Waals surface area contributed by atoms with Gasteiger partial charge in [-0.3, -0.25) is 0 Å². The highest BCUT2D eigenvalue weighted by Gasteiger charge is 2.29. The van der Waals surface area contributed by atoms with E-state index in [1.54, 1.807) is 5.19 Å². The van der Waals surface area contributed by atoms with Crippen molar-refractivity contribution in [2.45, 2.75) is 51.7 Å². The van der Waals surface area contributed by atoms with Gasteiger partial charge >= 0.3 is 0 Å². The van der Waals surface area contributed by atoms with E-state index >= 15 is 0 Å². The lowest BCUT2D eigenvalue weighted by Gasteiger charge is -2.30. The van der Waals surface area contributed by atoms with Crippen LogP contribution in [-0.4, -0.2) is 8.07 Å². The number of rotatable bonds is 6. The molecule has 0 aliphatic heterocycles. The Kier molecular flexibility index (Phi) is 5.41. The van der Waals surface area contributed by atoms with Crippen LogP contribution in [0, 0.1) is 0 Å². The highest BCUT2D eigenvalue weighted by Crippen LogP contribution is 2.26. The molecule has 1 heteroatoms. The van der Waals surface area contributed by atoms with Gasteiger partial charge in [0.25, 0.3) is 0 Å². The van der Waals surface area contributed by atoms with Gasteiger partial charge in [0.2, 0.25) is 0 Å². The minimum absolute atomic E-state index is 0.797. The Balaban J connectivity index is 1.98. The molecule has 1 atom stereocenters. The molecule has 2 aromatic carbocycles. The zero-order chi connectivity index (χ0) is 15.3. The van der Waals surface area contributed by atoms with Gasteiger partial charge in [0, 0.05) is 0 Å². The summed E-state index contributed by atoms with van der Waals surface area (Å²) in [4.78, 5) is 0. The summed E-state index contributed by atoms with van der Waals surface area (Å²) in [5.41, 5.74) is 3.72. The maximum Gasteiger partial charge on any atom is 0.0834 e. The molecular weight excluding hydrogens is 268 g/mol. The topological polar surface area (TPSA) is 0 Å². The normalized spacial score (nSPS) is 13.1. The molecule has 0 nitrogen and oxygen atoms in total. The average molecular weight is 297 g/mol. The third kappa shape index (κ3) is 4.07. The largest absolute Gasteiger partial charge is 0.0834 e. The van der Waals surface area contributed by atoms with E-state index < -0.39 is 8.07 Å². The monoisotopic (exact) mass is 296 g/mol. The van der Waals surface area contributed by atoms with Crippen LogP contribution in [0.15, 0.2) is 54.6 Å². The number of hydrogen-bond acceptors (Lipinski definition) is 0. The SMILES string of the molecule is CCc1ccc(CCC(C)[Si](C)(C)c2ccccc2)cc1. The highest BCUT2D eigenvalue weighted by atomic mass is 28.3. The van der Waals surface area contributed by atoms with Crippen molar-refractivity contribution in [3.05, 3.63) is 65.7 Å². The molecule has 112 valence electrons. The van der Waals surface area contributed by atoms with Gasteiger partial charge < -0.3 is 0 Å². The molecular formula is C20H28Si. The molecule has 0 saturated carbocycles. The van der Waals surface area contributed by atoms with Crippen molar-refractivity contribution in [1.82, 2.24) is 0 Å². The molecule has 0 aromatic heterocycles. The second-order valence-electron chi connectivity index (χ2n) is 6.70. The molecule has 0 saturated heterocycles. The van der Waals surface area contributed by atoms with E-state index in [0.717, 1.165) is 12.0 Å². The zero-order valence-corrected chi connectivity index (χ0v) is 14.9. The minimum atomic E-state index is -1.35. The second kappa shape index (κ2) is 7.08. The van der Waals surface area contributed by atoms with Crippen molar-refractivity contribution in [2.75, 3.05) is 0 Å². The fourth-order valence-corrected chi connectivity index (χ4v) is 5.32. The van der Waals surface area contributed by atoms with Crippen molar-refractivity contribution < 1.29 is 0 Å². The molecule has 0 aliphatic carbocycles. The van der Waals surface area contributed by atoms with Gasteiger partial charge in [-0.1, -0.05) is 86.7 Å². The summed E-state index contributed by atoms with van der Waals surface area (Å²) in [5.74, 6) is 0. The Hall–Kier alpha value is -1.34. The van der Waals surface area contributed by atoms with Crippen molar-refractivity contribution in [3.63, 3.8) is 0 Å². The van der Waals surface area contributed by atoms with E-state index in [0.29, 0.717) is 0 Å². The first-order chi connectivity index (χ1) is 10.0. The van der Waals surface area contributed by atoms with E-state index in [9.17, 15) is 0 Å². The Morgan fingerprint density at radius 1 is 0.857 bits per heavy atom. The summed E-state index contributed by atoms with van der Waals surface area (Å²) in [5, 5.41) is 1.58. The fourth-order valence-electron chi connectivity index (χ4n) is 2.84. The molecule has 0 radical (unpaired) electrons. The third-order valence-electron chi connectivity index (χ3n) is 5.05. The Labute approximate surface area is 131 Å². The molecule has 21 heavy (non-hydrogen) atoms.